The van der Waals surface area contributed by atoms with Gasteiger partial charge in [0.2, 0.25) is 17.1 Å². The molecule has 2 aliphatic rings. The van der Waals surface area contributed by atoms with Gasteiger partial charge in [-0.3, -0.25) is 0 Å². The normalized spacial score (nSPS) is 12.8. The average Bonchev–Trinajstić information content (AvgIpc) is 1.66. The predicted octanol–water partition coefficient (Wildman–Crippen LogP) is 13.6. The van der Waals surface area contributed by atoms with E-state index in [1.807, 2.05) is 264 Å². The summed E-state index contributed by atoms with van der Waals surface area (Å²) >= 11 is 0. The zero-order valence-electron chi connectivity index (χ0n) is 51.4. The molecule has 0 spiro atoms. The third-order valence-corrected chi connectivity index (χ3v) is 16.5. The van der Waals surface area contributed by atoms with Gasteiger partial charge in [-0.25, -0.2) is 28.7 Å². The van der Waals surface area contributed by atoms with Crippen LogP contribution in [-0.2, 0) is 38.7 Å². The number of carbonyl (C=O) groups excluding carboxylic acids is 4. The minimum Gasteiger partial charge on any atom is -0.657 e. The summed E-state index contributed by atoms with van der Waals surface area (Å²) in [6.45, 7) is 7.34. The summed E-state index contributed by atoms with van der Waals surface area (Å²) in [5.41, 5.74) is 30.3. The molecule has 4 amide bonds. The van der Waals surface area contributed by atoms with Crippen molar-refractivity contribution in [2.24, 2.45) is 0 Å². The number of carbonyl (C=O) groups is 4. The van der Waals surface area contributed by atoms with Crippen LogP contribution in [0, 0.1) is 0 Å². The van der Waals surface area contributed by atoms with E-state index >= 15 is 0 Å². The van der Waals surface area contributed by atoms with Gasteiger partial charge in [0, 0.05) is 71.7 Å². The van der Waals surface area contributed by atoms with Crippen LogP contribution in [0.5, 0.6) is 0 Å². The van der Waals surface area contributed by atoms with Crippen LogP contribution in [-0.4, -0.2) is 33.6 Å². The molecule has 0 fully saturated rings. The van der Waals surface area contributed by atoms with Crippen LogP contribution >= 0.6 is 0 Å². The molecule has 16 nitrogen and oxygen atoms in total. The molecule has 4 atom stereocenters. The number of amides is 4. The molecule has 0 unspecified atom stereocenters. The van der Waals surface area contributed by atoms with Gasteiger partial charge in [-0.05, 0) is 76.4 Å². The van der Waals surface area contributed by atoms with Crippen LogP contribution < -0.4 is 28.7 Å². The Morgan fingerprint density at radius 1 is 0.333 bits per heavy atom. The van der Waals surface area contributed by atoms with Gasteiger partial charge >= 0.3 is 19.5 Å². The fraction of sp³-hybridized carbons (Fsp3) is 0.105. The van der Waals surface area contributed by atoms with Crippen LogP contribution in [0.2, 0.25) is 0 Å². The number of fused-ring (bicyclic) bond motifs is 8. The molecule has 93 heavy (non-hydrogen) atoms. The zero-order chi connectivity index (χ0) is 63.2. The Balaban J connectivity index is 0.00000832. The van der Waals surface area contributed by atoms with Crippen LogP contribution in [0.15, 0.2) is 243 Å². The minimum absolute atomic E-state index is 0. The molecular weight excluding hydrogens is 1210 g/mol. The van der Waals surface area contributed by atoms with Crippen molar-refractivity contribution in [1.82, 2.24) is 19.9 Å². The summed E-state index contributed by atoms with van der Waals surface area (Å²) in [7, 11) is 0. The summed E-state index contributed by atoms with van der Waals surface area (Å²) in [5.74, 6) is -3.70. The Hall–Kier alpha value is -11.4. The second kappa shape index (κ2) is 27.4. The third kappa shape index (κ3) is 13.0. The fourth-order valence-electron chi connectivity index (χ4n) is 11.3. The third-order valence-electron chi connectivity index (χ3n) is 16.5. The Morgan fingerprint density at radius 3 is 0.957 bits per heavy atom. The van der Waals surface area contributed by atoms with Gasteiger partial charge in [0.25, 0.3) is 0 Å². The largest absolute Gasteiger partial charge is 2.00 e. The molecule has 0 radical (unpaired) electrons. The standard InChI is InChI=1S/C76H60N12O4.Zn/c1-49(53-24-9-5-10-25-53)73(89)81-85-44-23-32-57(48-85)69-58-36-38-60(77-58)70(66-33-17-20-45-86(66)82-74(90)50(2)54-26-11-6-12-27-54)62-40-42-64(79-62)72(68-35-19-22-47-88(68)84-76(92)52(4)56-30-15-8-16-31-56)65-43-41-63(80-65)71(61-39-37-59(69)78-61)67-34-18-21-46-87(67)83-75(91)51(3)55-28-13-7-14-29-55;/h5-52H,1-4H3;/q-2;+2/t49-,50-,51+,52-;/m1./s1. The predicted molar refractivity (Wildman–Crippen MR) is 354 cm³/mol. The van der Waals surface area contributed by atoms with E-state index in [0.717, 1.165) is 22.3 Å². The van der Waals surface area contributed by atoms with Crippen LogP contribution in [0.4, 0.5) is 0 Å². The molecule has 0 N–H and O–H groups in total. The van der Waals surface area contributed by atoms with E-state index < -0.39 is 23.7 Å². The van der Waals surface area contributed by atoms with E-state index in [1.165, 1.54) is 4.68 Å². The van der Waals surface area contributed by atoms with Crippen LogP contribution in [0.3, 0.4) is 0 Å². The molecule has 13 rings (SSSR count). The Bertz CT molecular complexity index is 4780. The van der Waals surface area contributed by atoms with Crippen molar-refractivity contribution in [2.45, 2.75) is 51.4 Å². The van der Waals surface area contributed by atoms with Crippen molar-refractivity contribution in [1.29, 1.82) is 0 Å². The first-order valence-corrected chi connectivity index (χ1v) is 30.3. The molecule has 0 saturated heterocycles. The van der Waals surface area contributed by atoms with E-state index in [9.17, 15) is 19.2 Å². The van der Waals surface area contributed by atoms with E-state index in [-0.39, 0.29) is 43.1 Å². The molecule has 9 heterocycles. The molecule has 17 heteroatoms. The second-order valence-electron chi connectivity index (χ2n) is 22.4. The first kappa shape index (κ1) is 61.8. The fourth-order valence-corrected chi connectivity index (χ4v) is 11.3. The molecule has 0 aliphatic carbocycles. The van der Waals surface area contributed by atoms with Crippen molar-refractivity contribution >= 4 is 70.0 Å². The molecular formula is C76H60N12O4Zn. The number of aromatic nitrogens is 8. The van der Waals surface area contributed by atoms with Crippen LogP contribution in [0.1, 0.15) is 96.4 Å². The average molecular weight is 1270 g/mol. The van der Waals surface area contributed by atoms with Gasteiger partial charge in [0.05, 0.1) is 39.5 Å². The Labute approximate surface area is 550 Å². The van der Waals surface area contributed by atoms with Crippen molar-refractivity contribution in [2.75, 3.05) is 0 Å². The topological polar surface area (TPSA) is 194 Å². The summed E-state index contributed by atoms with van der Waals surface area (Å²) < 4.78 is 6.21. The number of benzene rings is 4. The van der Waals surface area contributed by atoms with Gasteiger partial charge in [0.15, 0.2) is 31.0 Å². The number of nitrogens with zero attached hydrogens (tertiary/aromatic N) is 12. The summed E-state index contributed by atoms with van der Waals surface area (Å²) in [5, 5.41) is 0. The van der Waals surface area contributed by atoms with E-state index in [2.05, 4.69) is 5.43 Å². The van der Waals surface area contributed by atoms with Crippen molar-refractivity contribution in [3.63, 3.8) is 0 Å². The molecule has 11 aromatic rings. The second-order valence-corrected chi connectivity index (χ2v) is 22.4. The summed E-state index contributed by atoms with van der Waals surface area (Å²) in [6.07, 6.45) is 16.3. The monoisotopic (exact) mass is 1270 g/mol. The summed E-state index contributed by atoms with van der Waals surface area (Å²) in [4.78, 5) is 78.8. The zero-order valence-corrected chi connectivity index (χ0v) is 54.4. The number of hydrogen-bond donors (Lipinski definition) is 0. The number of pyridine rings is 4. The van der Waals surface area contributed by atoms with Gasteiger partial charge in [-0.1, -0.05) is 173 Å². The van der Waals surface area contributed by atoms with Gasteiger partial charge in [-0.2, -0.15) is 0 Å². The SMILES string of the molecule is C[C@H](C(=O)[N-][n+]1ccccc1-c1c2nc(c(-c3cccc[n+]3[N-]C(=O)[C@H](C)c3ccccc3)c3ccc([n-]3)c(-c3cccc[n+]3[N-]C(=O)[C@H](C)c3ccccc3)c3nc(c(-c4ccc[n+]([N-]C(=O)[C@H](C)c5ccccc5)c4)c4ccc1[n-]4)C=C3)C=C2)c1ccccc1.[Zn+2]. The molecule has 2 aliphatic heterocycles. The quantitative estimate of drug-likeness (QED) is 0.0673. The molecule has 0 saturated carbocycles. The van der Waals surface area contributed by atoms with E-state index in [1.54, 1.807) is 45.0 Å². The van der Waals surface area contributed by atoms with Gasteiger partial charge in [-0.15, -0.1) is 22.1 Å². The van der Waals surface area contributed by atoms with Crippen molar-refractivity contribution in [3.05, 3.63) is 310 Å². The van der Waals surface area contributed by atoms with Crippen molar-refractivity contribution in [3.8, 4) is 44.9 Å². The van der Waals surface area contributed by atoms with Crippen LogP contribution in [0.25, 0.3) is 113 Å². The number of hydrogen-bond acceptors (Lipinski definition) is 6. The minimum atomic E-state index is -0.575. The molecule has 7 aromatic heterocycles. The van der Waals surface area contributed by atoms with E-state index in [4.69, 9.17) is 36.2 Å². The first-order chi connectivity index (χ1) is 44.9. The van der Waals surface area contributed by atoms with Gasteiger partial charge < -0.3 is 50.8 Å². The maximum Gasteiger partial charge on any atom is 2.00 e. The maximum atomic E-state index is 14.3. The van der Waals surface area contributed by atoms with E-state index in [0.29, 0.717) is 89.7 Å². The smallest absolute Gasteiger partial charge is 0.657 e. The van der Waals surface area contributed by atoms with Gasteiger partial charge in [0.1, 0.15) is 23.6 Å². The van der Waals surface area contributed by atoms with Crippen molar-refractivity contribution < 1.29 is 57.4 Å². The first-order valence-electron chi connectivity index (χ1n) is 30.3. The Morgan fingerprint density at radius 2 is 0.624 bits per heavy atom. The maximum absolute atomic E-state index is 14.3. The number of rotatable bonds is 16. The molecule has 450 valence electrons. The Kier molecular flexibility index (Phi) is 18.2. The molecule has 4 aromatic carbocycles. The summed E-state index contributed by atoms with van der Waals surface area (Å²) in [6, 6.07) is 66.1. The molecule has 8 bridgehead atoms.